The van der Waals surface area contributed by atoms with Crippen LogP contribution >= 0.6 is 15.9 Å². The fourth-order valence-corrected chi connectivity index (χ4v) is 2.30. The van der Waals surface area contributed by atoms with Crippen molar-refractivity contribution in [1.82, 2.24) is 4.90 Å². The lowest BCUT2D eigenvalue weighted by atomic mass is 10.1. The first kappa shape index (κ1) is 17.5. The van der Waals surface area contributed by atoms with Crippen molar-refractivity contribution in [2.75, 3.05) is 25.4 Å². The van der Waals surface area contributed by atoms with Gasteiger partial charge in [0.2, 0.25) is 0 Å². The lowest BCUT2D eigenvalue weighted by Gasteiger charge is -2.24. The van der Waals surface area contributed by atoms with E-state index >= 15 is 0 Å². The van der Waals surface area contributed by atoms with E-state index in [1.807, 2.05) is 13.8 Å². The number of nitrogens with zero attached hydrogens (tertiary/aromatic N) is 1. The summed E-state index contributed by atoms with van der Waals surface area (Å²) in [4.78, 5) is 25.7. The van der Waals surface area contributed by atoms with Crippen LogP contribution in [0.4, 0.5) is 5.69 Å². The average Bonchev–Trinajstić information content (AvgIpc) is 2.37. The highest BCUT2D eigenvalue weighted by molar-refractivity contribution is 9.10. The Morgan fingerprint density at radius 3 is 2.57 bits per heavy atom. The Labute approximate surface area is 133 Å². The number of esters is 1. The highest BCUT2D eigenvalue weighted by Gasteiger charge is 2.22. The Bertz CT molecular complexity index is 518. The van der Waals surface area contributed by atoms with Crippen LogP contribution in [0, 0.1) is 5.92 Å². The number of carbonyl (C=O) groups excluding carboxylic acids is 2. The zero-order valence-electron chi connectivity index (χ0n) is 12.6. The van der Waals surface area contributed by atoms with Crippen molar-refractivity contribution in [3.8, 4) is 0 Å². The summed E-state index contributed by atoms with van der Waals surface area (Å²) >= 11 is 3.30. The lowest BCUT2D eigenvalue weighted by Crippen LogP contribution is -2.39. The number of carbonyl (C=O) groups is 2. The second-order valence-electron chi connectivity index (χ2n) is 5.12. The molecule has 0 aliphatic rings. The molecule has 0 aliphatic heterocycles. The first-order valence-corrected chi connectivity index (χ1v) is 7.64. The first-order chi connectivity index (χ1) is 9.85. The minimum atomic E-state index is -0.415. The standard InChI is InChI=1S/C15H21BrN2O3/c1-4-21-14(19)9-18(8-10(2)3)15(20)12-6-5-11(16)7-13(12)17/h5-7,10H,4,8-9,17H2,1-3H3. The summed E-state index contributed by atoms with van der Waals surface area (Å²) in [5.74, 6) is -0.441. The van der Waals surface area contributed by atoms with Crippen LogP contribution in [0.25, 0.3) is 0 Å². The van der Waals surface area contributed by atoms with E-state index in [4.69, 9.17) is 10.5 Å². The van der Waals surface area contributed by atoms with E-state index in [1.54, 1.807) is 25.1 Å². The molecule has 0 spiro atoms. The maximum atomic E-state index is 12.6. The van der Waals surface area contributed by atoms with Crippen LogP contribution in [0.15, 0.2) is 22.7 Å². The molecule has 0 saturated carbocycles. The number of nitrogens with two attached hydrogens (primary N) is 1. The number of rotatable bonds is 6. The first-order valence-electron chi connectivity index (χ1n) is 6.85. The molecule has 0 aliphatic carbocycles. The van der Waals surface area contributed by atoms with Gasteiger partial charge in [0.1, 0.15) is 6.54 Å². The van der Waals surface area contributed by atoms with E-state index in [0.717, 1.165) is 4.47 Å². The zero-order chi connectivity index (χ0) is 16.0. The van der Waals surface area contributed by atoms with E-state index in [0.29, 0.717) is 24.4 Å². The van der Waals surface area contributed by atoms with E-state index in [2.05, 4.69) is 15.9 Å². The Balaban J connectivity index is 2.95. The predicted octanol–water partition coefficient (Wildman–Crippen LogP) is 2.69. The molecular formula is C15H21BrN2O3. The second-order valence-corrected chi connectivity index (χ2v) is 6.03. The number of hydrogen-bond donors (Lipinski definition) is 1. The van der Waals surface area contributed by atoms with Crippen LogP contribution in [0.5, 0.6) is 0 Å². The van der Waals surface area contributed by atoms with Gasteiger partial charge in [0.15, 0.2) is 0 Å². The Kier molecular flexibility index (Phi) is 6.68. The molecule has 1 rings (SSSR count). The molecule has 5 nitrogen and oxygen atoms in total. The zero-order valence-corrected chi connectivity index (χ0v) is 14.1. The van der Waals surface area contributed by atoms with Crippen molar-refractivity contribution >= 4 is 33.5 Å². The highest BCUT2D eigenvalue weighted by atomic mass is 79.9. The van der Waals surface area contributed by atoms with Gasteiger partial charge in [0, 0.05) is 16.7 Å². The third-order valence-corrected chi connectivity index (χ3v) is 3.24. The molecule has 21 heavy (non-hydrogen) atoms. The van der Waals surface area contributed by atoms with Crippen LogP contribution in [0.3, 0.4) is 0 Å². The summed E-state index contributed by atoms with van der Waals surface area (Å²) in [6.45, 7) is 6.39. The van der Waals surface area contributed by atoms with Crippen molar-refractivity contribution in [1.29, 1.82) is 0 Å². The van der Waals surface area contributed by atoms with Crippen molar-refractivity contribution in [2.24, 2.45) is 5.92 Å². The molecule has 0 atom stereocenters. The van der Waals surface area contributed by atoms with Crippen LogP contribution in [-0.2, 0) is 9.53 Å². The summed E-state index contributed by atoms with van der Waals surface area (Å²) < 4.78 is 5.72. The molecule has 116 valence electrons. The topological polar surface area (TPSA) is 72.6 Å². The van der Waals surface area contributed by atoms with Gasteiger partial charge in [0.05, 0.1) is 12.2 Å². The molecule has 0 unspecified atom stereocenters. The van der Waals surface area contributed by atoms with Gasteiger partial charge >= 0.3 is 5.97 Å². The smallest absolute Gasteiger partial charge is 0.325 e. The Hall–Kier alpha value is -1.56. The maximum absolute atomic E-state index is 12.6. The average molecular weight is 357 g/mol. The van der Waals surface area contributed by atoms with E-state index in [1.165, 1.54) is 4.90 Å². The largest absolute Gasteiger partial charge is 0.465 e. The molecule has 0 bridgehead atoms. The molecular weight excluding hydrogens is 336 g/mol. The van der Waals surface area contributed by atoms with E-state index in [9.17, 15) is 9.59 Å². The summed E-state index contributed by atoms with van der Waals surface area (Å²) in [5.41, 5.74) is 6.66. The predicted molar refractivity (Wildman–Crippen MR) is 85.9 cm³/mol. The molecule has 1 aromatic rings. The molecule has 0 fully saturated rings. The molecule has 0 radical (unpaired) electrons. The lowest BCUT2D eigenvalue weighted by molar-refractivity contribution is -0.143. The number of halogens is 1. The highest BCUT2D eigenvalue weighted by Crippen LogP contribution is 2.20. The number of anilines is 1. The summed E-state index contributed by atoms with van der Waals surface area (Å²) in [6.07, 6.45) is 0. The Morgan fingerprint density at radius 2 is 2.05 bits per heavy atom. The molecule has 0 aromatic heterocycles. The number of benzene rings is 1. The minimum Gasteiger partial charge on any atom is -0.465 e. The van der Waals surface area contributed by atoms with Crippen LogP contribution in [0.2, 0.25) is 0 Å². The molecule has 2 N–H and O–H groups in total. The summed E-state index contributed by atoms with van der Waals surface area (Å²) in [5, 5.41) is 0. The van der Waals surface area contributed by atoms with Gasteiger partial charge in [-0.1, -0.05) is 29.8 Å². The van der Waals surface area contributed by atoms with Crippen LogP contribution < -0.4 is 5.73 Å². The summed E-state index contributed by atoms with van der Waals surface area (Å²) in [6, 6.07) is 5.08. The van der Waals surface area contributed by atoms with Crippen molar-refractivity contribution in [2.45, 2.75) is 20.8 Å². The number of nitrogen functional groups attached to an aromatic ring is 1. The van der Waals surface area contributed by atoms with Gasteiger partial charge in [-0.05, 0) is 31.0 Å². The van der Waals surface area contributed by atoms with Gasteiger partial charge in [-0.3, -0.25) is 9.59 Å². The molecule has 1 aromatic carbocycles. The van der Waals surface area contributed by atoms with E-state index in [-0.39, 0.29) is 18.4 Å². The fraction of sp³-hybridized carbons (Fsp3) is 0.467. The van der Waals surface area contributed by atoms with Crippen molar-refractivity contribution in [3.63, 3.8) is 0 Å². The SMILES string of the molecule is CCOC(=O)CN(CC(C)C)C(=O)c1ccc(Br)cc1N. The third-order valence-electron chi connectivity index (χ3n) is 2.74. The summed E-state index contributed by atoms with van der Waals surface area (Å²) in [7, 11) is 0. The Morgan fingerprint density at radius 1 is 1.38 bits per heavy atom. The normalized spacial score (nSPS) is 10.5. The maximum Gasteiger partial charge on any atom is 0.325 e. The second kappa shape index (κ2) is 8.02. The molecule has 0 heterocycles. The molecule has 1 amide bonds. The number of hydrogen-bond acceptors (Lipinski definition) is 4. The van der Waals surface area contributed by atoms with Gasteiger partial charge < -0.3 is 15.4 Å². The van der Waals surface area contributed by atoms with Gasteiger partial charge in [0.25, 0.3) is 5.91 Å². The van der Waals surface area contributed by atoms with Crippen molar-refractivity contribution < 1.29 is 14.3 Å². The number of ether oxygens (including phenoxy) is 1. The quantitative estimate of drug-likeness (QED) is 0.628. The van der Waals surface area contributed by atoms with Crippen molar-refractivity contribution in [3.05, 3.63) is 28.2 Å². The van der Waals surface area contributed by atoms with E-state index < -0.39 is 5.97 Å². The molecule has 0 saturated heterocycles. The van der Waals surface area contributed by atoms with Gasteiger partial charge in [-0.2, -0.15) is 0 Å². The molecule has 6 heteroatoms. The third kappa shape index (κ3) is 5.38. The van der Waals surface area contributed by atoms with Gasteiger partial charge in [-0.25, -0.2) is 0 Å². The number of amides is 1. The van der Waals surface area contributed by atoms with Gasteiger partial charge in [-0.15, -0.1) is 0 Å². The fourth-order valence-electron chi connectivity index (χ4n) is 1.92. The van der Waals surface area contributed by atoms with Crippen LogP contribution in [0.1, 0.15) is 31.1 Å². The van der Waals surface area contributed by atoms with Crippen LogP contribution in [-0.4, -0.2) is 36.5 Å². The minimum absolute atomic E-state index is 0.0691. The monoisotopic (exact) mass is 356 g/mol.